The fourth-order valence-electron chi connectivity index (χ4n) is 5.30. The average molecular weight is 647 g/mol. The standard InChI is InChI=1S/C31H29BrFN7O3/c1-31(2,3)43-30(42)38-15-5-6-22(18-38)39(27-23-10-8-20(32)16-19(23)12-14-35-27)29(41)24-11-9-21(17-25(24)33)40-28-26(36-37-40)7-4-13-34-28/h4,7-14,16-17,22H,5-6,15,18H2,1-3H3/t22-/m1/s1. The first-order valence-electron chi connectivity index (χ1n) is 13.9. The number of amides is 2. The zero-order valence-corrected chi connectivity index (χ0v) is 25.5. The van der Waals surface area contributed by atoms with Gasteiger partial charge in [-0.1, -0.05) is 21.1 Å². The Morgan fingerprint density at radius 2 is 1.91 bits per heavy atom. The molecule has 5 aromatic rings. The third-order valence-electron chi connectivity index (χ3n) is 7.20. The minimum atomic E-state index is -0.727. The van der Waals surface area contributed by atoms with Crippen molar-refractivity contribution in [1.29, 1.82) is 0 Å². The maximum atomic E-state index is 15.9. The molecule has 1 saturated heterocycles. The van der Waals surface area contributed by atoms with Crippen molar-refractivity contribution >= 4 is 55.7 Å². The predicted molar refractivity (Wildman–Crippen MR) is 164 cm³/mol. The molecule has 0 radical (unpaired) electrons. The van der Waals surface area contributed by atoms with Crippen LogP contribution in [0.3, 0.4) is 0 Å². The van der Waals surface area contributed by atoms with Crippen LogP contribution in [0, 0.1) is 5.82 Å². The van der Waals surface area contributed by atoms with Gasteiger partial charge in [0.1, 0.15) is 22.8 Å². The molecule has 43 heavy (non-hydrogen) atoms. The lowest BCUT2D eigenvalue weighted by Gasteiger charge is -2.39. The van der Waals surface area contributed by atoms with Gasteiger partial charge in [0, 0.05) is 41.4 Å². The lowest BCUT2D eigenvalue weighted by Crippen LogP contribution is -2.53. The number of piperidine rings is 1. The Kier molecular flexibility index (Phi) is 7.55. The summed E-state index contributed by atoms with van der Waals surface area (Å²) in [6, 6.07) is 14.9. The molecule has 2 amide bonds. The van der Waals surface area contributed by atoms with Crippen LogP contribution in [0.5, 0.6) is 0 Å². The van der Waals surface area contributed by atoms with Gasteiger partial charge in [-0.3, -0.25) is 9.69 Å². The van der Waals surface area contributed by atoms with E-state index in [-0.39, 0.29) is 12.1 Å². The molecule has 220 valence electrons. The SMILES string of the molecule is CC(C)(C)OC(=O)N1CCC[C@@H](N(C(=O)c2ccc(-n3nnc4cccnc43)cc2F)c2nccc3cc(Br)ccc23)C1. The minimum Gasteiger partial charge on any atom is -0.444 e. The molecule has 1 aliphatic rings. The summed E-state index contributed by atoms with van der Waals surface area (Å²) >= 11 is 3.51. The van der Waals surface area contributed by atoms with Crippen LogP contribution in [-0.4, -0.2) is 66.6 Å². The van der Waals surface area contributed by atoms with Crippen molar-refractivity contribution in [3.63, 3.8) is 0 Å². The molecule has 1 fully saturated rings. The number of rotatable bonds is 4. The van der Waals surface area contributed by atoms with Gasteiger partial charge in [0.15, 0.2) is 5.65 Å². The van der Waals surface area contributed by atoms with Crippen LogP contribution in [-0.2, 0) is 4.74 Å². The lowest BCUT2D eigenvalue weighted by molar-refractivity contribution is 0.0196. The molecule has 2 aromatic carbocycles. The van der Waals surface area contributed by atoms with Crippen LogP contribution in [0.2, 0.25) is 0 Å². The lowest BCUT2D eigenvalue weighted by atomic mass is 10.0. The molecule has 0 bridgehead atoms. The van der Waals surface area contributed by atoms with Crippen molar-refractivity contribution in [3.05, 3.63) is 82.8 Å². The van der Waals surface area contributed by atoms with Crippen molar-refractivity contribution in [2.75, 3.05) is 18.0 Å². The second-order valence-corrected chi connectivity index (χ2v) is 12.3. The van der Waals surface area contributed by atoms with E-state index in [0.717, 1.165) is 15.2 Å². The van der Waals surface area contributed by atoms with E-state index in [1.807, 2.05) is 45.0 Å². The largest absolute Gasteiger partial charge is 0.444 e. The van der Waals surface area contributed by atoms with E-state index in [2.05, 4.69) is 36.2 Å². The third kappa shape index (κ3) is 5.79. The number of aromatic nitrogens is 5. The van der Waals surface area contributed by atoms with E-state index >= 15 is 4.39 Å². The molecule has 0 saturated carbocycles. The van der Waals surface area contributed by atoms with E-state index in [1.165, 1.54) is 21.7 Å². The molecule has 1 aliphatic heterocycles. The molecule has 0 unspecified atom stereocenters. The number of anilines is 1. The number of carbonyl (C=O) groups excluding carboxylic acids is 2. The smallest absolute Gasteiger partial charge is 0.410 e. The van der Waals surface area contributed by atoms with Crippen molar-refractivity contribution in [1.82, 2.24) is 29.9 Å². The molecular weight excluding hydrogens is 617 g/mol. The number of halogens is 2. The molecule has 0 spiro atoms. The molecule has 0 aliphatic carbocycles. The molecule has 6 rings (SSSR count). The molecule has 4 heterocycles. The number of ether oxygens (including phenoxy) is 1. The maximum Gasteiger partial charge on any atom is 0.410 e. The second kappa shape index (κ2) is 11.3. The number of hydrogen-bond donors (Lipinski definition) is 0. The summed E-state index contributed by atoms with van der Waals surface area (Å²) in [5.41, 5.74) is 0.614. The highest BCUT2D eigenvalue weighted by atomic mass is 79.9. The van der Waals surface area contributed by atoms with Gasteiger partial charge in [-0.25, -0.2) is 19.2 Å². The van der Waals surface area contributed by atoms with E-state index in [4.69, 9.17) is 4.74 Å². The van der Waals surface area contributed by atoms with Crippen molar-refractivity contribution in [2.24, 2.45) is 0 Å². The van der Waals surface area contributed by atoms with E-state index in [0.29, 0.717) is 42.1 Å². The van der Waals surface area contributed by atoms with Crippen LogP contribution in [0.1, 0.15) is 44.0 Å². The highest BCUT2D eigenvalue weighted by molar-refractivity contribution is 9.10. The van der Waals surface area contributed by atoms with Crippen LogP contribution in [0.25, 0.3) is 27.6 Å². The predicted octanol–water partition coefficient (Wildman–Crippen LogP) is 6.31. The maximum absolute atomic E-state index is 15.9. The Morgan fingerprint density at radius 3 is 2.70 bits per heavy atom. The van der Waals surface area contributed by atoms with Crippen LogP contribution >= 0.6 is 15.9 Å². The highest BCUT2D eigenvalue weighted by Gasteiger charge is 2.36. The fourth-order valence-corrected chi connectivity index (χ4v) is 5.67. The average Bonchev–Trinajstić information content (AvgIpc) is 3.41. The number of carbonyl (C=O) groups is 2. The Labute approximate surface area is 255 Å². The molecule has 10 nitrogen and oxygen atoms in total. The van der Waals surface area contributed by atoms with Crippen LogP contribution < -0.4 is 4.90 Å². The van der Waals surface area contributed by atoms with E-state index in [9.17, 15) is 9.59 Å². The summed E-state index contributed by atoms with van der Waals surface area (Å²) < 4.78 is 23.8. The van der Waals surface area contributed by atoms with Gasteiger partial charge in [-0.15, -0.1) is 5.10 Å². The van der Waals surface area contributed by atoms with Crippen molar-refractivity contribution in [2.45, 2.75) is 45.3 Å². The van der Waals surface area contributed by atoms with Gasteiger partial charge in [0.25, 0.3) is 5.91 Å². The topological polar surface area (TPSA) is 106 Å². The number of benzene rings is 2. The monoisotopic (exact) mass is 645 g/mol. The van der Waals surface area contributed by atoms with Gasteiger partial charge in [-0.2, -0.15) is 4.68 Å². The summed E-state index contributed by atoms with van der Waals surface area (Å²) in [7, 11) is 0. The summed E-state index contributed by atoms with van der Waals surface area (Å²) in [6.45, 7) is 6.14. The minimum absolute atomic E-state index is 0.133. The fraction of sp³-hybridized carbons (Fsp3) is 0.290. The molecular formula is C31H29BrFN7O3. The molecule has 1 atom stereocenters. The van der Waals surface area contributed by atoms with Gasteiger partial charge in [-0.05, 0) is 87.5 Å². The normalized spacial score (nSPS) is 15.6. The zero-order chi connectivity index (χ0) is 30.3. The highest BCUT2D eigenvalue weighted by Crippen LogP contribution is 2.32. The Balaban J connectivity index is 1.40. The number of likely N-dealkylation sites (tertiary alicyclic amines) is 1. The van der Waals surface area contributed by atoms with Gasteiger partial charge in [0.05, 0.1) is 17.3 Å². The quantitative estimate of drug-likeness (QED) is 0.225. The van der Waals surface area contributed by atoms with Crippen LogP contribution in [0.4, 0.5) is 15.0 Å². The number of fused-ring (bicyclic) bond motifs is 2. The number of pyridine rings is 2. The Bertz CT molecular complexity index is 1850. The summed E-state index contributed by atoms with van der Waals surface area (Å²) in [5.74, 6) is -0.902. The second-order valence-electron chi connectivity index (χ2n) is 11.4. The van der Waals surface area contributed by atoms with Crippen molar-refractivity contribution in [3.8, 4) is 5.69 Å². The number of nitrogens with zero attached hydrogens (tertiary/aromatic N) is 7. The first-order chi connectivity index (χ1) is 20.6. The van der Waals surface area contributed by atoms with Crippen LogP contribution in [0.15, 0.2) is 71.5 Å². The first-order valence-corrected chi connectivity index (χ1v) is 14.7. The molecule has 0 N–H and O–H groups in total. The van der Waals surface area contributed by atoms with E-state index in [1.54, 1.807) is 35.5 Å². The summed E-state index contributed by atoms with van der Waals surface area (Å²) in [5, 5.41) is 9.78. The van der Waals surface area contributed by atoms with Gasteiger partial charge in [0.2, 0.25) is 0 Å². The van der Waals surface area contributed by atoms with Gasteiger partial charge < -0.3 is 9.64 Å². The van der Waals surface area contributed by atoms with E-state index < -0.39 is 29.5 Å². The first kappa shape index (κ1) is 28.7. The Hall–Kier alpha value is -4.45. The molecule has 12 heteroatoms. The third-order valence-corrected chi connectivity index (χ3v) is 7.70. The Morgan fingerprint density at radius 1 is 1.07 bits per heavy atom. The summed E-state index contributed by atoms with van der Waals surface area (Å²) in [6.07, 6.45) is 4.01. The van der Waals surface area contributed by atoms with Gasteiger partial charge >= 0.3 is 6.09 Å². The molecule has 3 aromatic heterocycles. The zero-order valence-electron chi connectivity index (χ0n) is 23.9. The number of hydrogen-bond acceptors (Lipinski definition) is 7. The van der Waals surface area contributed by atoms with Crippen molar-refractivity contribution < 1.29 is 18.7 Å². The summed E-state index contributed by atoms with van der Waals surface area (Å²) in [4.78, 5) is 39.4.